The molecule has 2 saturated carbocycles. The second-order valence-electron chi connectivity index (χ2n) is 8.38. The van der Waals surface area contributed by atoms with Gasteiger partial charge in [0.2, 0.25) is 5.91 Å². The molecule has 0 spiro atoms. The highest BCUT2D eigenvalue weighted by molar-refractivity contribution is 7.86. The first-order chi connectivity index (χ1) is 12.8. The third kappa shape index (κ3) is 4.54. The van der Waals surface area contributed by atoms with Crippen LogP contribution in [0.4, 0.5) is 0 Å². The average molecular weight is 400 g/mol. The van der Waals surface area contributed by atoms with E-state index in [1.54, 1.807) is 16.3 Å². The number of Topliss-reactive ketones (excluding diaryl/α,β-unsaturated/α-hetero) is 1. The third-order valence-electron chi connectivity index (χ3n) is 6.61. The maximum absolute atomic E-state index is 13.0. The second kappa shape index (κ2) is 8.57. The van der Waals surface area contributed by atoms with Gasteiger partial charge < -0.3 is 4.90 Å². The standard InChI is InChI=1S/C19H33N3O4S/c1-15-14-16(8-9-18(15)23)19(24)21-10-12-22(13-11-21)27(25,26)20(2)17-6-4-3-5-7-17/h15-17H,3-14H2,1-2H3. The van der Waals surface area contributed by atoms with E-state index in [2.05, 4.69) is 0 Å². The molecule has 3 rings (SSSR count). The van der Waals surface area contributed by atoms with Crippen LogP contribution < -0.4 is 0 Å². The molecule has 0 bridgehead atoms. The molecule has 0 aromatic carbocycles. The van der Waals surface area contributed by atoms with E-state index in [0.29, 0.717) is 45.4 Å². The first-order valence-electron chi connectivity index (χ1n) is 10.4. The van der Waals surface area contributed by atoms with Gasteiger partial charge in [-0.05, 0) is 25.7 Å². The molecule has 7 nitrogen and oxygen atoms in total. The van der Waals surface area contributed by atoms with E-state index in [-0.39, 0.29) is 29.6 Å². The second-order valence-corrected chi connectivity index (χ2v) is 10.4. The van der Waals surface area contributed by atoms with Gasteiger partial charge in [0, 0.05) is 57.5 Å². The van der Waals surface area contributed by atoms with Crippen molar-refractivity contribution < 1.29 is 18.0 Å². The lowest BCUT2D eigenvalue weighted by atomic mass is 9.81. The summed E-state index contributed by atoms with van der Waals surface area (Å²) in [5.41, 5.74) is 0. The third-order valence-corrected chi connectivity index (χ3v) is 8.65. The Bertz CT molecular complexity index is 652. The molecule has 2 atom stereocenters. The number of hydrogen-bond donors (Lipinski definition) is 0. The molecule has 8 heteroatoms. The summed E-state index contributed by atoms with van der Waals surface area (Å²) >= 11 is 0. The Kier molecular flexibility index (Phi) is 6.58. The van der Waals surface area contributed by atoms with Crippen LogP contribution in [0.3, 0.4) is 0 Å². The number of carbonyl (C=O) groups is 2. The summed E-state index contributed by atoms with van der Waals surface area (Å²) in [7, 11) is -1.77. The van der Waals surface area contributed by atoms with Crippen LogP contribution in [0.2, 0.25) is 0 Å². The van der Waals surface area contributed by atoms with Gasteiger partial charge in [0.05, 0.1) is 0 Å². The molecular formula is C19H33N3O4S. The number of carbonyl (C=O) groups excluding carboxylic acids is 2. The van der Waals surface area contributed by atoms with Gasteiger partial charge in [-0.2, -0.15) is 17.0 Å². The van der Waals surface area contributed by atoms with Crippen molar-refractivity contribution in [3.05, 3.63) is 0 Å². The predicted octanol–water partition coefficient (Wildman–Crippen LogP) is 1.65. The first-order valence-corrected chi connectivity index (χ1v) is 11.7. The Balaban J connectivity index is 1.54. The van der Waals surface area contributed by atoms with E-state index in [0.717, 1.165) is 25.7 Å². The number of ketones is 1. The van der Waals surface area contributed by atoms with E-state index in [4.69, 9.17) is 0 Å². The van der Waals surface area contributed by atoms with Crippen molar-refractivity contribution in [2.24, 2.45) is 11.8 Å². The van der Waals surface area contributed by atoms with Crippen LogP contribution in [-0.2, 0) is 19.8 Å². The Morgan fingerprint density at radius 1 is 1.04 bits per heavy atom. The SMILES string of the molecule is CC1CC(C(=O)N2CCN(S(=O)(=O)N(C)C3CCCCC3)CC2)CCC1=O. The van der Waals surface area contributed by atoms with Crippen molar-refractivity contribution in [2.45, 2.75) is 64.3 Å². The van der Waals surface area contributed by atoms with Crippen LogP contribution in [0.15, 0.2) is 0 Å². The van der Waals surface area contributed by atoms with E-state index in [9.17, 15) is 18.0 Å². The maximum atomic E-state index is 13.0. The van der Waals surface area contributed by atoms with Crippen LogP contribution in [0.1, 0.15) is 58.3 Å². The van der Waals surface area contributed by atoms with Crippen LogP contribution in [0.5, 0.6) is 0 Å². The van der Waals surface area contributed by atoms with Gasteiger partial charge >= 0.3 is 0 Å². The van der Waals surface area contributed by atoms with Crippen LogP contribution >= 0.6 is 0 Å². The normalized spacial score (nSPS) is 29.3. The van der Waals surface area contributed by atoms with Gasteiger partial charge in [0.25, 0.3) is 10.2 Å². The first kappa shape index (κ1) is 20.7. The molecule has 0 aromatic heterocycles. The molecule has 2 aliphatic carbocycles. The zero-order chi connectivity index (χ0) is 19.6. The molecule has 1 aliphatic heterocycles. The lowest BCUT2D eigenvalue weighted by Crippen LogP contribution is -2.56. The number of hydrogen-bond acceptors (Lipinski definition) is 4. The Morgan fingerprint density at radius 3 is 2.26 bits per heavy atom. The van der Waals surface area contributed by atoms with Gasteiger partial charge in [-0.1, -0.05) is 26.2 Å². The average Bonchev–Trinajstić information content (AvgIpc) is 2.69. The van der Waals surface area contributed by atoms with Crippen LogP contribution in [-0.4, -0.2) is 72.9 Å². The lowest BCUT2D eigenvalue weighted by Gasteiger charge is -2.40. The predicted molar refractivity (Wildman–Crippen MR) is 103 cm³/mol. The molecule has 154 valence electrons. The van der Waals surface area contributed by atoms with Crippen molar-refractivity contribution in [3.8, 4) is 0 Å². The van der Waals surface area contributed by atoms with Gasteiger partial charge in [-0.3, -0.25) is 9.59 Å². The summed E-state index contributed by atoms with van der Waals surface area (Å²) in [5.74, 6) is 0.206. The number of amides is 1. The smallest absolute Gasteiger partial charge is 0.282 e. The van der Waals surface area contributed by atoms with E-state index < -0.39 is 10.2 Å². The summed E-state index contributed by atoms with van der Waals surface area (Å²) in [5, 5.41) is 0. The minimum absolute atomic E-state index is 0.0430. The fourth-order valence-corrected chi connectivity index (χ4v) is 6.25. The van der Waals surface area contributed by atoms with Crippen LogP contribution in [0.25, 0.3) is 0 Å². The molecule has 0 N–H and O–H groups in total. The molecule has 3 fully saturated rings. The highest BCUT2D eigenvalue weighted by Crippen LogP contribution is 2.29. The molecule has 1 heterocycles. The maximum Gasteiger partial charge on any atom is 0.282 e. The van der Waals surface area contributed by atoms with Crippen molar-refractivity contribution in [2.75, 3.05) is 33.2 Å². The number of nitrogens with zero attached hydrogens (tertiary/aromatic N) is 3. The van der Waals surface area contributed by atoms with Crippen molar-refractivity contribution in [1.82, 2.24) is 13.5 Å². The van der Waals surface area contributed by atoms with E-state index >= 15 is 0 Å². The van der Waals surface area contributed by atoms with Crippen LogP contribution in [0, 0.1) is 11.8 Å². The van der Waals surface area contributed by atoms with E-state index in [1.807, 2.05) is 6.92 Å². The van der Waals surface area contributed by atoms with Gasteiger partial charge in [-0.15, -0.1) is 0 Å². The Morgan fingerprint density at radius 2 is 1.67 bits per heavy atom. The summed E-state index contributed by atoms with van der Waals surface area (Å²) in [6.07, 6.45) is 6.99. The summed E-state index contributed by atoms with van der Waals surface area (Å²) in [6.45, 7) is 3.48. The Labute approximate surface area is 163 Å². The fraction of sp³-hybridized carbons (Fsp3) is 0.895. The minimum Gasteiger partial charge on any atom is -0.340 e. The largest absolute Gasteiger partial charge is 0.340 e. The zero-order valence-corrected chi connectivity index (χ0v) is 17.4. The van der Waals surface area contributed by atoms with E-state index in [1.165, 1.54) is 10.7 Å². The number of piperazine rings is 1. The quantitative estimate of drug-likeness (QED) is 0.720. The number of rotatable bonds is 4. The van der Waals surface area contributed by atoms with Gasteiger partial charge in [-0.25, -0.2) is 0 Å². The fourth-order valence-electron chi connectivity index (χ4n) is 4.68. The highest BCUT2D eigenvalue weighted by Gasteiger charge is 2.37. The molecule has 1 saturated heterocycles. The van der Waals surface area contributed by atoms with Crippen molar-refractivity contribution >= 4 is 21.9 Å². The monoisotopic (exact) mass is 399 g/mol. The topological polar surface area (TPSA) is 78.0 Å². The molecule has 2 unspecified atom stereocenters. The molecule has 27 heavy (non-hydrogen) atoms. The molecule has 1 amide bonds. The molecular weight excluding hydrogens is 366 g/mol. The van der Waals surface area contributed by atoms with Gasteiger partial charge in [0.15, 0.2) is 0 Å². The molecule has 0 aromatic rings. The molecule has 3 aliphatic rings. The van der Waals surface area contributed by atoms with Crippen molar-refractivity contribution in [1.29, 1.82) is 0 Å². The zero-order valence-electron chi connectivity index (χ0n) is 16.6. The highest BCUT2D eigenvalue weighted by atomic mass is 32.2. The van der Waals surface area contributed by atoms with Gasteiger partial charge in [0.1, 0.15) is 5.78 Å². The summed E-state index contributed by atoms with van der Waals surface area (Å²) in [6, 6.07) is 0.102. The Hall–Kier alpha value is -0.990. The van der Waals surface area contributed by atoms with Crippen molar-refractivity contribution in [3.63, 3.8) is 0 Å². The summed E-state index contributed by atoms with van der Waals surface area (Å²) in [4.78, 5) is 26.3. The summed E-state index contributed by atoms with van der Waals surface area (Å²) < 4.78 is 29.0. The molecule has 0 radical (unpaired) electrons. The minimum atomic E-state index is -3.47. The lowest BCUT2D eigenvalue weighted by molar-refractivity contribution is -0.140.